The predicted molar refractivity (Wildman–Crippen MR) is 85.5 cm³/mol. The Hall–Kier alpha value is -1.85. The molecule has 1 aromatic carbocycles. The van der Waals surface area contributed by atoms with Crippen molar-refractivity contribution in [3.8, 4) is 5.75 Å². The fourth-order valence-electron chi connectivity index (χ4n) is 1.93. The van der Waals surface area contributed by atoms with E-state index in [1.807, 2.05) is 6.92 Å². The molecule has 0 fully saturated rings. The van der Waals surface area contributed by atoms with Crippen LogP contribution in [-0.2, 0) is 0 Å². The van der Waals surface area contributed by atoms with E-state index in [1.165, 1.54) is 12.4 Å². The van der Waals surface area contributed by atoms with Gasteiger partial charge in [0.15, 0.2) is 0 Å². The molecule has 1 amide bonds. The zero-order valence-corrected chi connectivity index (χ0v) is 13.7. The molecule has 0 radical (unpaired) electrons. The van der Waals surface area contributed by atoms with Crippen LogP contribution in [0.2, 0.25) is 10.0 Å². The maximum absolute atomic E-state index is 12.2. The zero-order valence-electron chi connectivity index (χ0n) is 12.2. The Labute approximate surface area is 138 Å². The van der Waals surface area contributed by atoms with E-state index in [1.54, 1.807) is 36.2 Å². The van der Waals surface area contributed by atoms with Crippen molar-refractivity contribution in [2.45, 2.75) is 13.0 Å². The molecule has 1 aromatic heterocycles. The second-order valence-electron chi connectivity index (χ2n) is 4.82. The topological polar surface area (TPSA) is 55.3 Å². The van der Waals surface area contributed by atoms with E-state index >= 15 is 0 Å². The van der Waals surface area contributed by atoms with Gasteiger partial charge in [0.05, 0.1) is 34.5 Å². The first-order chi connectivity index (χ1) is 10.5. The number of amides is 1. The van der Waals surface area contributed by atoms with Crippen LogP contribution in [-0.4, -0.2) is 40.7 Å². The molecule has 0 aliphatic heterocycles. The molecule has 1 heterocycles. The quantitative estimate of drug-likeness (QED) is 0.838. The first-order valence-corrected chi connectivity index (χ1v) is 7.37. The van der Waals surface area contributed by atoms with Gasteiger partial charge in [-0.3, -0.25) is 4.79 Å². The molecule has 7 heteroatoms. The molecular weight excluding hydrogens is 325 g/mol. The Kier molecular flexibility index (Phi) is 5.57. The van der Waals surface area contributed by atoms with E-state index in [0.29, 0.717) is 27.9 Å². The fourth-order valence-corrected chi connectivity index (χ4v) is 2.21. The highest BCUT2D eigenvalue weighted by molar-refractivity contribution is 6.42. The minimum Gasteiger partial charge on any atom is -0.489 e. The number of aromatic nitrogens is 2. The number of hydrogen-bond donors (Lipinski definition) is 0. The Morgan fingerprint density at radius 3 is 2.68 bits per heavy atom. The van der Waals surface area contributed by atoms with E-state index in [9.17, 15) is 4.79 Å². The van der Waals surface area contributed by atoms with E-state index in [2.05, 4.69) is 10.2 Å². The summed E-state index contributed by atoms with van der Waals surface area (Å²) in [7, 11) is 1.71. The Bertz CT molecular complexity index is 652. The van der Waals surface area contributed by atoms with E-state index in [-0.39, 0.29) is 12.0 Å². The summed E-state index contributed by atoms with van der Waals surface area (Å²) in [5.74, 6) is 0.466. The number of ether oxygens (including phenoxy) is 1. The van der Waals surface area contributed by atoms with Gasteiger partial charge in [0, 0.05) is 13.1 Å². The number of carbonyl (C=O) groups excluding carboxylic acids is 1. The van der Waals surface area contributed by atoms with Gasteiger partial charge in [0.1, 0.15) is 11.9 Å². The number of nitrogens with zero attached hydrogens (tertiary/aromatic N) is 3. The molecule has 1 atom stereocenters. The highest BCUT2D eigenvalue weighted by Gasteiger charge is 2.16. The van der Waals surface area contributed by atoms with Gasteiger partial charge in [-0.1, -0.05) is 23.2 Å². The molecule has 0 spiro atoms. The van der Waals surface area contributed by atoms with Crippen molar-refractivity contribution in [3.05, 3.63) is 52.3 Å². The first kappa shape index (κ1) is 16.5. The third-order valence-corrected chi connectivity index (χ3v) is 3.68. The molecule has 2 rings (SSSR count). The Balaban J connectivity index is 1.95. The normalized spacial score (nSPS) is 11.8. The van der Waals surface area contributed by atoms with Crippen LogP contribution in [0.25, 0.3) is 0 Å². The number of halogens is 2. The lowest BCUT2D eigenvalue weighted by molar-refractivity contribution is 0.0726. The summed E-state index contributed by atoms with van der Waals surface area (Å²) >= 11 is 11.8. The van der Waals surface area contributed by atoms with Gasteiger partial charge in [-0.2, -0.15) is 10.2 Å². The van der Waals surface area contributed by atoms with Crippen LogP contribution < -0.4 is 4.74 Å². The summed E-state index contributed by atoms with van der Waals surface area (Å²) in [6.07, 6.45) is 2.71. The molecule has 116 valence electrons. The van der Waals surface area contributed by atoms with Crippen molar-refractivity contribution >= 4 is 29.1 Å². The van der Waals surface area contributed by atoms with Crippen LogP contribution in [0.3, 0.4) is 0 Å². The Morgan fingerprint density at radius 1 is 1.27 bits per heavy atom. The van der Waals surface area contributed by atoms with Gasteiger partial charge < -0.3 is 9.64 Å². The van der Waals surface area contributed by atoms with Gasteiger partial charge in [-0.05, 0) is 25.1 Å². The fraction of sp³-hybridized carbons (Fsp3) is 0.267. The predicted octanol–water partition coefficient (Wildman–Crippen LogP) is 3.32. The van der Waals surface area contributed by atoms with Crippen molar-refractivity contribution < 1.29 is 9.53 Å². The summed E-state index contributed by atoms with van der Waals surface area (Å²) in [6, 6.07) is 6.67. The molecule has 0 N–H and O–H groups in total. The SMILES string of the molecule is C[C@H](CN(C)C(=O)c1ccnnc1)Oc1ccc(Cl)c(Cl)c1. The Morgan fingerprint density at radius 2 is 2.05 bits per heavy atom. The molecule has 0 bridgehead atoms. The minimum atomic E-state index is -0.207. The van der Waals surface area contributed by atoms with Crippen molar-refractivity contribution in [1.82, 2.24) is 15.1 Å². The van der Waals surface area contributed by atoms with Crippen LogP contribution in [0.5, 0.6) is 5.75 Å². The molecule has 0 aliphatic carbocycles. The number of rotatable bonds is 5. The smallest absolute Gasteiger partial charge is 0.255 e. The lowest BCUT2D eigenvalue weighted by atomic mass is 10.2. The molecule has 0 saturated heterocycles. The molecule has 5 nitrogen and oxygen atoms in total. The van der Waals surface area contributed by atoms with Crippen LogP contribution in [0.15, 0.2) is 36.7 Å². The first-order valence-electron chi connectivity index (χ1n) is 6.61. The average Bonchev–Trinajstić information content (AvgIpc) is 2.51. The highest BCUT2D eigenvalue weighted by Crippen LogP contribution is 2.26. The maximum Gasteiger partial charge on any atom is 0.255 e. The van der Waals surface area contributed by atoms with E-state index in [4.69, 9.17) is 27.9 Å². The molecule has 0 aliphatic rings. The van der Waals surface area contributed by atoms with Gasteiger partial charge >= 0.3 is 0 Å². The maximum atomic E-state index is 12.2. The molecule has 0 unspecified atom stereocenters. The summed E-state index contributed by atoms with van der Waals surface area (Å²) in [5.41, 5.74) is 0.485. The standard InChI is InChI=1S/C15H15Cl2N3O2/c1-10(22-12-3-4-13(16)14(17)7-12)9-20(2)15(21)11-5-6-18-19-8-11/h3-8,10H,9H2,1-2H3/t10-/m1/s1. The van der Waals surface area contributed by atoms with Crippen LogP contribution in [0.1, 0.15) is 17.3 Å². The van der Waals surface area contributed by atoms with Crippen molar-refractivity contribution in [2.75, 3.05) is 13.6 Å². The van der Waals surface area contributed by atoms with Crippen LogP contribution >= 0.6 is 23.2 Å². The lowest BCUT2D eigenvalue weighted by Crippen LogP contribution is -2.35. The zero-order chi connectivity index (χ0) is 16.1. The van der Waals surface area contributed by atoms with Gasteiger partial charge in [-0.15, -0.1) is 0 Å². The van der Waals surface area contributed by atoms with Gasteiger partial charge in [-0.25, -0.2) is 0 Å². The molecular formula is C15H15Cl2N3O2. The summed E-state index contributed by atoms with van der Waals surface area (Å²) < 4.78 is 5.74. The van der Waals surface area contributed by atoms with Crippen molar-refractivity contribution in [3.63, 3.8) is 0 Å². The van der Waals surface area contributed by atoms with E-state index in [0.717, 1.165) is 0 Å². The summed E-state index contributed by atoms with van der Waals surface area (Å²) in [5, 5.41) is 8.25. The highest BCUT2D eigenvalue weighted by atomic mass is 35.5. The van der Waals surface area contributed by atoms with E-state index < -0.39 is 0 Å². The largest absolute Gasteiger partial charge is 0.489 e. The number of hydrogen-bond acceptors (Lipinski definition) is 4. The molecule has 2 aromatic rings. The van der Waals surface area contributed by atoms with Crippen molar-refractivity contribution in [2.24, 2.45) is 0 Å². The third kappa shape index (κ3) is 4.32. The number of likely N-dealkylation sites (N-methyl/N-ethyl adjacent to an activating group) is 1. The summed E-state index contributed by atoms with van der Waals surface area (Å²) in [6.45, 7) is 2.29. The van der Waals surface area contributed by atoms with Crippen LogP contribution in [0, 0.1) is 0 Å². The van der Waals surface area contributed by atoms with Crippen molar-refractivity contribution in [1.29, 1.82) is 0 Å². The average molecular weight is 340 g/mol. The third-order valence-electron chi connectivity index (χ3n) is 2.94. The van der Waals surface area contributed by atoms with Gasteiger partial charge in [0.25, 0.3) is 5.91 Å². The second-order valence-corrected chi connectivity index (χ2v) is 5.64. The second kappa shape index (κ2) is 7.42. The molecule has 22 heavy (non-hydrogen) atoms. The monoisotopic (exact) mass is 339 g/mol. The van der Waals surface area contributed by atoms with Crippen LogP contribution in [0.4, 0.5) is 0 Å². The lowest BCUT2D eigenvalue weighted by Gasteiger charge is -2.22. The van der Waals surface area contributed by atoms with Gasteiger partial charge in [0.2, 0.25) is 0 Å². The molecule has 0 saturated carbocycles. The number of carbonyl (C=O) groups is 1. The number of benzene rings is 1. The summed E-state index contributed by atoms with van der Waals surface area (Å²) in [4.78, 5) is 13.8. The minimum absolute atomic E-state index is 0.139.